The highest BCUT2D eigenvalue weighted by Crippen LogP contribution is 2.42. The Hall–Kier alpha value is -1.07. The molecule has 0 radical (unpaired) electrons. The molecule has 0 bridgehead atoms. The molecule has 0 spiro atoms. The number of hydrogen-bond donors (Lipinski definition) is 3. The third kappa shape index (κ3) is 10.5. The van der Waals surface area contributed by atoms with Gasteiger partial charge in [0.2, 0.25) is 0 Å². The molecule has 3 fully saturated rings. The highest BCUT2D eigenvalue weighted by atomic mass is 35.5. The molecule has 29 heavy (non-hydrogen) atoms. The van der Waals surface area contributed by atoms with E-state index in [2.05, 4.69) is 5.32 Å². The van der Waals surface area contributed by atoms with Gasteiger partial charge in [-0.2, -0.15) is 0 Å². The summed E-state index contributed by atoms with van der Waals surface area (Å²) >= 11 is 0. The van der Waals surface area contributed by atoms with Crippen LogP contribution in [0.5, 0.6) is 0 Å². The number of piperidine rings is 1. The topological polar surface area (TPSA) is 86.6 Å². The summed E-state index contributed by atoms with van der Waals surface area (Å²) in [5, 5.41) is 19.5. The molecular weight excluding hydrogens is 390 g/mol. The van der Waals surface area contributed by atoms with Crippen molar-refractivity contribution in [3.8, 4) is 0 Å². The van der Waals surface area contributed by atoms with Gasteiger partial charge in [-0.15, -0.1) is 12.4 Å². The summed E-state index contributed by atoms with van der Waals surface area (Å²) in [5.74, 6) is 0.706. The molecule has 1 atom stereocenters. The van der Waals surface area contributed by atoms with E-state index in [1.54, 1.807) is 25.7 Å². The van der Waals surface area contributed by atoms with Crippen molar-refractivity contribution in [2.24, 2.45) is 17.8 Å². The van der Waals surface area contributed by atoms with E-state index in [1.807, 2.05) is 0 Å². The summed E-state index contributed by atoms with van der Waals surface area (Å²) in [5.41, 5.74) is 0. The van der Waals surface area contributed by atoms with E-state index in [0.29, 0.717) is 12.2 Å². The molecule has 3 aliphatic rings. The SMILES string of the molecule is C1CCC(C(CC2CCCCN2)C2CCCCC2)CC1.Cl.O=C(O)/C=C\C(=O)O. The van der Waals surface area contributed by atoms with E-state index in [1.165, 1.54) is 70.8 Å². The van der Waals surface area contributed by atoms with E-state index in [-0.39, 0.29) is 12.4 Å². The molecule has 5 nitrogen and oxygen atoms in total. The van der Waals surface area contributed by atoms with Crippen LogP contribution in [0.4, 0.5) is 0 Å². The van der Waals surface area contributed by atoms with Gasteiger partial charge in [0.15, 0.2) is 0 Å². The van der Waals surface area contributed by atoms with Crippen LogP contribution in [0.1, 0.15) is 89.9 Å². The van der Waals surface area contributed by atoms with Gasteiger partial charge in [-0.25, -0.2) is 9.59 Å². The van der Waals surface area contributed by atoms with Crippen LogP contribution >= 0.6 is 12.4 Å². The third-order valence-electron chi connectivity index (χ3n) is 6.85. The van der Waals surface area contributed by atoms with Gasteiger partial charge in [0.05, 0.1) is 0 Å². The summed E-state index contributed by atoms with van der Waals surface area (Å²) in [7, 11) is 0. The van der Waals surface area contributed by atoms with Crippen LogP contribution < -0.4 is 5.32 Å². The smallest absolute Gasteiger partial charge is 0.328 e. The van der Waals surface area contributed by atoms with Crippen molar-refractivity contribution in [1.29, 1.82) is 0 Å². The molecule has 0 aromatic rings. The number of hydrogen-bond acceptors (Lipinski definition) is 3. The minimum Gasteiger partial charge on any atom is -0.478 e. The minimum absolute atomic E-state index is 0. The Labute approximate surface area is 182 Å². The van der Waals surface area contributed by atoms with Gasteiger partial charge < -0.3 is 15.5 Å². The van der Waals surface area contributed by atoms with Crippen LogP contribution in [0.3, 0.4) is 0 Å². The van der Waals surface area contributed by atoms with Crippen molar-refractivity contribution in [1.82, 2.24) is 5.32 Å². The van der Waals surface area contributed by atoms with Gasteiger partial charge in [-0.3, -0.25) is 0 Å². The van der Waals surface area contributed by atoms with Crippen LogP contribution in [0.15, 0.2) is 12.2 Å². The second-order valence-corrected chi connectivity index (χ2v) is 8.85. The lowest BCUT2D eigenvalue weighted by Gasteiger charge is -2.40. The molecule has 1 heterocycles. The van der Waals surface area contributed by atoms with Crippen molar-refractivity contribution in [2.45, 2.75) is 95.9 Å². The quantitative estimate of drug-likeness (QED) is 0.490. The van der Waals surface area contributed by atoms with Crippen LogP contribution in [0, 0.1) is 17.8 Å². The molecule has 0 aromatic heterocycles. The molecule has 6 heteroatoms. The molecule has 1 unspecified atom stereocenters. The van der Waals surface area contributed by atoms with Crippen molar-refractivity contribution in [3.05, 3.63) is 12.2 Å². The monoisotopic (exact) mass is 429 g/mol. The number of halogens is 1. The zero-order valence-corrected chi connectivity index (χ0v) is 18.5. The van der Waals surface area contributed by atoms with E-state index < -0.39 is 11.9 Å². The number of aliphatic carboxylic acids is 2. The zero-order chi connectivity index (χ0) is 20.2. The van der Waals surface area contributed by atoms with E-state index in [0.717, 1.165) is 23.8 Å². The Morgan fingerprint density at radius 3 is 1.59 bits per heavy atom. The lowest BCUT2D eigenvalue weighted by atomic mass is 9.67. The number of carbonyl (C=O) groups is 2. The molecule has 168 valence electrons. The first-order valence-corrected chi connectivity index (χ1v) is 11.4. The maximum Gasteiger partial charge on any atom is 0.328 e. The average Bonchev–Trinajstić information content (AvgIpc) is 2.73. The van der Waals surface area contributed by atoms with E-state index in [9.17, 15) is 9.59 Å². The first-order chi connectivity index (χ1) is 13.6. The molecular formula is C23H40ClNO4. The molecule has 1 saturated heterocycles. The number of carboxylic acid groups (broad SMARTS) is 2. The zero-order valence-electron chi connectivity index (χ0n) is 17.7. The summed E-state index contributed by atoms with van der Waals surface area (Å²) in [6, 6.07) is 0.859. The van der Waals surface area contributed by atoms with Crippen LogP contribution in [0.25, 0.3) is 0 Å². The normalized spacial score (nSPS) is 23.8. The fourth-order valence-corrected chi connectivity index (χ4v) is 5.49. The summed E-state index contributed by atoms with van der Waals surface area (Å²) < 4.78 is 0. The van der Waals surface area contributed by atoms with Crippen molar-refractivity contribution < 1.29 is 19.8 Å². The Kier molecular flexibility index (Phi) is 13.3. The summed E-state index contributed by atoms with van der Waals surface area (Å²) in [6.07, 6.45) is 22.3. The lowest BCUT2D eigenvalue weighted by Crippen LogP contribution is -2.39. The first kappa shape index (κ1) is 26.0. The summed E-state index contributed by atoms with van der Waals surface area (Å²) in [4.78, 5) is 19.1. The largest absolute Gasteiger partial charge is 0.478 e. The van der Waals surface area contributed by atoms with Crippen molar-refractivity contribution in [3.63, 3.8) is 0 Å². The second-order valence-electron chi connectivity index (χ2n) is 8.85. The standard InChI is InChI=1S/C19H35N.C4H4O4.ClH/c1-3-9-16(10-4-1)19(17-11-5-2-6-12-17)15-18-13-7-8-14-20-18;5-3(6)1-2-4(7)8;/h16-20H,1-15H2;1-2H,(H,5,6)(H,7,8);1H/b;2-1-;. The van der Waals surface area contributed by atoms with Gasteiger partial charge in [0.25, 0.3) is 0 Å². The van der Waals surface area contributed by atoms with Crippen molar-refractivity contribution >= 4 is 24.3 Å². The molecule has 0 aromatic carbocycles. The molecule has 2 saturated carbocycles. The summed E-state index contributed by atoms with van der Waals surface area (Å²) in [6.45, 7) is 1.28. The third-order valence-corrected chi connectivity index (χ3v) is 6.85. The van der Waals surface area contributed by atoms with Gasteiger partial charge in [0.1, 0.15) is 0 Å². The van der Waals surface area contributed by atoms with Crippen LogP contribution in [0.2, 0.25) is 0 Å². The van der Waals surface area contributed by atoms with E-state index in [4.69, 9.17) is 10.2 Å². The number of nitrogens with one attached hydrogen (secondary N) is 1. The van der Waals surface area contributed by atoms with E-state index >= 15 is 0 Å². The molecule has 3 rings (SSSR count). The predicted octanol–water partition coefficient (Wildman–Crippen LogP) is 5.43. The molecule has 1 aliphatic heterocycles. The Morgan fingerprint density at radius 2 is 1.21 bits per heavy atom. The lowest BCUT2D eigenvalue weighted by molar-refractivity contribution is -0.134. The molecule has 0 amide bonds. The fraction of sp³-hybridized carbons (Fsp3) is 0.826. The number of rotatable bonds is 6. The number of carboxylic acids is 2. The van der Waals surface area contributed by atoms with Crippen molar-refractivity contribution in [2.75, 3.05) is 6.54 Å². The maximum atomic E-state index is 9.55. The Balaban J connectivity index is 0.000000403. The first-order valence-electron chi connectivity index (χ1n) is 11.4. The maximum absolute atomic E-state index is 9.55. The van der Waals surface area contributed by atoms with Gasteiger partial charge in [-0.1, -0.05) is 70.6 Å². The van der Waals surface area contributed by atoms with Gasteiger partial charge in [0, 0.05) is 18.2 Å². The molecule has 3 N–H and O–H groups in total. The highest BCUT2D eigenvalue weighted by molar-refractivity contribution is 5.89. The van der Waals surface area contributed by atoms with Gasteiger partial charge >= 0.3 is 11.9 Å². The van der Waals surface area contributed by atoms with Crippen LogP contribution in [-0.4, -0.2) is 34.7 Å². The average molecular weight is 430 g/mol. The Bertz CT molecular complexity index is 459. The Morgan fingerprint density at radius 1 is 0.759 bits per heavy atom. The second kappa shape index (κ2) is 14.8. The minimum atomic E-state index is -1.26. The molecule has 2 aliphatic carbocycles. The van der Waals surface area contributed by atoms with Gasteiger partial charge in [-0.05, 0) is 43.6 Å². The fourth-order valence-electron chi connectivity index (χ4n) is 5.49. The van der Waals surface area contributed by atoms with Crippen LogP contribution in [-0.2, 0) is 9.59 Å². The highest BCUT2D eigenvalue weighted by Gasteiger charge is 2.33. The predicted molar refractivity (Wildman–Crippen MR) is 119 cm³/mol.